The van der Waals surface area contributed by atoms with Crippen LogP contribution in [0.4, 0.5) is 5.69 Å². The number of amides is 1. The molecule has 0 saturated carbocycles. The van der Waals surface area contributed by atoms with Crippen molar-refractivity contribution in [2.75, 3.05) is 5.32 Å². The van der Waals surface area contributed by atoms with Gasteiger partial charge in [0.1, 0.15) is 0 Å². The maximum atomic E-state index is 11.0. The molecule has 1 aromatic carbocycles. The van der Waals surface area contributed by atoms with Crippen LogP contribution >= 0.6 is 11.3 Å². The van der Waals surface area contributed by atoms with Crippen molar-refractivity contribution in [2.24, 2.45) is 5.73 Å². The molecule has 0 aliphatic carbocycles. The third-order valence-electron chi connectivity index (χ3n) is 2.80. The van der Waals surface area contributed by atoms with Crippen LogP contribution in [0.2, 0.25) is 0 Å². The molecule has 2 rings (SSSR count). The summed E-state index contributed by atoms with van der Waals surface area (Å²) in [6, 6.07) is 5.41. The average Bonchev–Trinajstić information content (AvgIpc) is 2.73. The Labute approximate surface area is 110 Å². The van der Waals surface area contributed by atoms with Gasteiger partial charge in [-0.15, -0.1) is 11.3 Å². The van der Waals surface area contributed by atoms with E-state index in [9.17, 15) is 4.79 Å². The summed E-state index contributed by atoms with van der Waals surface area (Å²) < 4.78 is 0. The van der Waals surface area contributed by atoms with E-state index in [0.717, 1.165) is 23.5 Å². The van der Waals surface area contributed by atoms with Crippen LogP contribution in [0.1, 0.15) is 26.5 Å². The van der Waals surface area contributed by atoms with E-state index < -0.39 is 5.91 Å². The van der Waals surface area contributed by atoms with E-state index in [2.05, 4.69) is 10.3 Å². The van der Waals surface area contributed by atoms with Gasteiger partial charge in [-0.1, -0.05) is 0 Å². The molecule has 2 aromatic rings. The average molecular weight is 261 g/mol. The highest BCUT2D eigenvalue weighted by molar-refractivity contribution is 7.09. The molecule has 1 aromatic heterocycles. The van der Waals surface area contributed by atoms with Crippen molar-refractivity contribution in [3.63, 3.8) is 0 Å². The Balaban J connectivity index is 2.11. The van der Waals surface area contributed by atoms with E-state index in [4.69, 9.17) is 5.73 Å². The van der Waals surface area contributed by atoms with Crippen LogP contribution in [0, 0.1) is 13.8 Å². The lowest BCUT2D eigenvalue weighted by Gasteiger charge is -2.09. The molecule has 4 nitrogen and oxygen atoms in total. The second kappa shape index (κ2) is 5.18. The van der Waals surface area contributed by atoms with Crippen LogP contribution in [-0.2, 0) is 6.54 Å². The number of nitrogens with zero attached hydrogens (tertiary/aromatic N) is 1. The van der Waals surface area contributed by atoms with E-state index in [-0.39, 0.29) is 0 Å². The van der Waals surface area contributed by atoms with Gasteiger partial charge in [-0.2, -0.15) is 0 Å². The van der Waals surface area contributed by atoms with Gasteiger partial charge in [0.2, 0.25) is 5.91 Å². The molecule has 1 heterocycles. The highest BCUT2D eigenvalue weighted by Crippen LogP contribution is 2.19. The summed E-state index contributed by atoms with van der Waals surface area (Å²) in [5.74, 6) is -0.400. The third kappa shape index (κ3) is 2.68. The highest BCUT2D eigenvalue weighted by Gasteiger charge is 2.05. The zero-order valence-corrected chi connectivity index (χ0v) is 11.2. The lowest BCUT2D eigenvalue weighted by molar-refractivity contribution is 0.1000. The second-order valence-electron chi connectivity index (χ2n) is 4.11. The summed E-state index contributed by atoms with van der Waals surface area (Å²) in [6.07, 6.45) is 0. The zero-order chi connectivity index (χ0) is 13.1. The number of hydrogen-bond donors (Lipinski definition) is 2. The summed E-state index contributed by atoms with van der Waals surface area (Å²) in [4.78, 5) is 16.5. The summed E-state index contributed by atoms with van der Waals surface area (Å²) in [7, 11) is 0. The Kier molecular flexibility index (Phi) is 3.62. The van der Waals surface area contributed by atoms with Gasteiger partial charge >= 0.3 is 0 Å². The van der Waals surface area contributed by atoms with Gasteiger partial charge in [-0.25, -0.2) is 4.98 Å². The van der Waals surface area contributed by atoms with E-state index in [1.54, 1.807) is 23.5 Å². The van der Waals surface area contributed by atoms with Crippen LogP contribution < -0.4 is 11.1 Å². The van der Waals surface area contributed by atoms with Gasteiger partial charge in [0.25, 0.3) is 0 Å². The number of anilines is 1. The van der Waals surface area contributed by atoms with E-state index >= 15 is 0 Å². The number of aryl methyl sites for hydroxylation is 2. The predicted molar refractivity (Wildman–Crippen MR) is 73.9 cm³/mol. The minimum atomic E-state index is -0.400. The number of carbonyl (C=O) groups is 1. The normalized spacial score (nSPS) is 10.3. The van der Waals surface area contributed by atoms with Gasteiger partial charge in [-0.3, -0.25) is 4.79 Å². The first-order valence-electron chi connectivity index (χ1n) is 5.61. The standard InChI is InChI=1S/C13H15N3OS/c1-8-5-10(13(14)17)3-4-11(8)15-6-12-9(2)16-7-18-12/h3-5,7,15H,6H2,1-2H3,(H2,14,17). The van der Waals surface area contributed by atoms with E-state index in [1.165, 1.54) is 4.88 Å². The maximum Gasteiger partial charge on any atom is 0.248 e. The molecule has 18 heavy (non-hydrogen) atoms. The van der Waals surface area contributed by atoms with Gasteiger partial charge < -0.3 is 11.1 Å². The molecule has 5 heteroatoms. The number of aromatic nitrogens is 1. The Hall–Kier alpha value is -1.88. The minimum absolute atomic E-state index is 0.400. The fraction of sp³-hybridized carbons (Fsp3) is 0.231. The molecule has 0 bridgehead atoms. The second-order valence-corrected chi connectivity index (χ2v) is 5.05. The Morgan fingerprint density at radius 2 is 2.22 bits per heavy atom. The molecule has 0 fully saturated rings. The molecule has 0 radical (unpaired) electrons. The number of primary amides is 1. The monoisotopic (exact) mass is 261 g/mol. The molecule has 0 spiro atoms. The third-order valence-corrected chi connectivity index (χ3v) is 3.73. The Morgan fingerprint density at radius 1 is 1.44 bits per heavy atom. The summed E-state index contributed by atoms with van der Waals surface area (Å²) in [5.41, 5.74) is 10.7. The van der Waals surface area contributed by atoms with Crippen LogP contribution in [0.15, 0.2) is 23.7 Å². The molecule has 1 amide bonds. The predicted octanol–water partition coefficient (Wildman–Crippen LogP) is 2.47. The molecular formula is C13H15N3OS. The molecule has 0 aliphatic rings. The van der Waals surface area contributed by atoms with Crippen molar-refractivity contribution in [2.45, 2.75) is 20.4 Å². The van der Waals surface area contributed by atoms with Crippen LogP contribution in [0.25, 0.3) is 0 Å². The van der Waals surface area contributed by atoms with Gasteiger partial charge in [0.15, 0.2) is 0 Å². The van der Waals surface area contributed by atoms with Crippen molar-refractivity contribution in [1.82, 2.24) is 4.98 Å². The van der Waals surface area contributed by atoms with Crippen LogP contribution in [0.3, 0.4) is 0 Å². The van der Waals surface area contributed by atoms with E-state index in [0.29, 0.717) is 5.56 Å². The quantitative estimate of drug-likeness (QED) is 0.888. The number of nitrogens with one attached hydrogen (secondary N) is 1. The van der Waals surface area contributed by atoms with Gasteiger partial charge in [0.05, 0.1) is 17.7 Å². The Bertz CT molecular complexity index is 577. The lowest BCUT2D eigenvalue weighted by Crippen LogP contribution is -2.11. The molecule has 3 N–H and O–H groups in total. The van der Waals surface area contributed by atoms with Crippen molar-refractivity contribution in [1.29, 1.82) is 0 Å². The van der Waals surface area contributed by atoms with Gasteiger partial charge in [0, 0.05) is 16.1 Å². The summed E-state index contributed by atoms with van der Waals surface area (Å²) >= 11 is 1.63. The number of hydrogen-bond acceptors (Lipinski definition) is 4. The summed E-state index contributed by atoms with van der Waals surface area (Å²) in [6.45, 7) is 4.69. The number of benzene rings is 1. The number of rotatable bonds is 4. The smallest absolute Gasteiger partial charge is 0.248 e. The first-order chi connectivity index (χ1) is 8.58. The van der Waals surface area contributed by atoms with Crippen LogP contribution in [0.5, 0.6) is 0 Å². The number of nitrogens with two attached hydrogens (primary N) is 1. The number of carbonyl (C=O) groups excluding carboxylic acids is 1. The topological polar surface area (TPSA) is 68.0 Å². The molecule has 0 aliphatic heterocycles. The molecule has 94 valence electrons. The van der Waals surface area contributed by atoms with Crippen LogP contribution in [-0.4, -0.2) is 10.9 Å². The van der Waals surface area contributed by atoms with Crippen molar-refractivity contribution in [3.8, 4) is 0 Å². The number of thiazole rings is 1. The highest BCUT2D eigenvalue weighted by atomic mass is 32.1. The maximum absolute atomic E-state index is 11.0. The fourth-order valence-electron chi connectivity index (χ4n) is 1.69. The van der Waals surface area contributed by atoms with E-state index in [1.807, 2.05) is 25.4 Å². The Morgan fingerprint density at radius 3 is 2.78 bits per heavy atom. The molecule has 0 atom stereocenters. The lowest BCUT2D eigenvalue weighted by atomic mass is 10.1. The largest absolute Gasteiger partial charge is 0.380 e. The fourth-order valence-corrected chi connectivity index (χ4v) is 2.40. The first-order valence-corrected chi connectivity index (χ1v) is 6.49. The minimum Gasteiger partial charge on any atom is -0.380 e. The summed E-state index contributed by atoms with van der Waals surface area (Å²) in [5, 5.41) is 3.34. The molecule has 0 unspecified atom stereocenters. The van der Waals surface area contributed by atoms with Crippen molar-refractivity contribution in [3.05, 3.63) is 45.4 Å². The first kappa shape index (κ1) is 12.6. The van der Waals surface area contributed by atoms with Crippen molar-refractivity contribution < 1.29 is 4.79 Å². The molecular weight excluding hydrogens is 246 g/mol. The van der Waals surface area contributed by atoms with Gasteiger partial charge in [-0.05, 0) is 37.6 Å². The SMILES string of the molecule is Cc1cc(C(N)=O)ccc1NCc1scnc1C. The zero-order valence-electron chi connectivity index (χ0n) is 10.4. The van der Waals surface area contributed by atoms with Crippen molar-refractivity contribution >= 4 is 22.9 Å². The molecule has 0 saturated heterocycles.